The number of methoxy groups -OCH3 is 1. The van der Waals surface area contributed by atoms with E-state index in [-0.39, 0.29) is 13.0 Å². The van der Waals surface area contributed by atoms with Gasteiger partial charge in [0.05, 0.1) is 31.8 Å². The molecule has 7 nitrogen and oxygen atoms in total. The van der Waals surface area contributed by atoms with Crippen LogP contribution in [0.4, 0.5) is 0 Å². The van der Waals surface area contributed by atoms with Gasteiger partial charge >= 0.3 is 5.97 Å². The second kappa shape index (κ2) is 9.12. The first-order valence-electron chi connectivity index (χ1n) is 7.78. The number of hydrogen-bond donors (Lipinski definition) is 2. The van der Waals surface area contributed by atoms with Crippen molar-refractivity contribution in [3.63, 3.8) is 0 Å². The van der Waals surface area contributed by atoms with Crippen LogP contribution < -0.4 is 14.8 Å². The number of amides is 1. The molecule has 0 heterocycles. The molecule has 0 aliphatic heterocycles. The number of carbonyl (C=O) groups is 2. The molecule has 7 heteroatoms. The third-order valence-corrected chi connectivity index (χ3v) is 3.23. The van der Waals surface area contributed by atoms with Crippen LogP contribution in [0.5, 0.6) is 11.5 Å². The van der Waals surface area contributed by atoms with Crippen LogP contribution in [-0.2, 0) is 9.53 Å². The van der Waals surface area contributed by atoms with Crippen LogP contribution in [0.25, 0.3) is 0 Å². The van der Waals surface area contributed by atoms with E-state index in [1.54, 1.807) is 25.1 Å². The van der Waals surface area contributed by atoms with Gasteiger partial charge in [-0.25, -0.2) is 0 Å². The molecule has 1 amide bonds. The zero-order valence-electron chi connectivity index (χ0n) is 14.5. The van der Waals surface area contributed by atoms with E-state index in [0.717, 1.165) is 0 Å². The van der Waals surface area contributed by atoms with Gasteiger partial charge < -0.3 is 24.6 Å². The van der Waals surface area contributed by atoms with Gasteiger partial charge in [-0.3, -0.25) is 9.59 Å². The minimum absolute atomic E-state index is 0.0837. The van der Waals surface area contributed by atoms with Gasteiger partial charge in [-0.1, -0.05) is 0 Å². The van der Waals surface area contributed by atoms with Crippen molar-refractivity contribution in [2.24, 2.45) is 0 Å². The molecule has 0 aliphatic rings. The molecule has 0 aliphatic carbocycles. The lowest BCUT2D eigenvalue weighted by molar-refractivity contribution is -0.139. The van der Waals surface area contributed by atoms with Crippen molar-refractivity contribution in [1.29, 1.82) is 0 Å². The summed E-state index contributed by atoms with van der Waals surface area (Å²) in [4.78, 5) is 23.5. The number of rotatable bonds is 10. The number of benzene rings is 1. The van der Waals surface area contributed by atoms with E-state index in [4.69, 9.17) is 19.3 Å². The van der Waals surface area contributed by atoms with Gasteiger partial charge in [0, 0.05) is 12.7 Å². The fourth-order valence-corrected chi connectivity index (χ4v) is 2.32. The zero-order valence-corrected chi connectivity index (χ0v) is 14.5. The number of hydrogen-bond acceptors (Lipinski definition) is 5. The van der Waals surface area contributed by atoms with Crippen molar-refractivity contribution in [1.82, 2.24) is 5.32 Å². The summed E-state index contributed by atoms with van der Waals surface area (Å²) in [5, 5.41) is 11.7. The lowest BCUT2D eigenvalue weighted by Gasteiger charge is -2.28. The highest BCUT2D eigenvalue weighted by Gasteiger charge is 2.30. The van der Waals surface area contributed by atoms with Crippen LogP contribution >= 0.6 is 0 Å². The molecule has 134 valence electrons. The minimum atomic E-state index is -1.02. The van der Waals surface area contributed by atoms with Crippen LogP contribution in [0.15, 0.2) is 18.2 Å². The van der Waals surface area contributed by atoms with E-state index < -0.39 is 17.4 Å². The molecule has 0 spiro atoms. The lowest BCUT2D eigenvalue weighted by atomic mass is 9.98. The quantitative estimate of drug-likeness (QED) is 0.678. The number of aliphatic carboxylic acids is 1. The molecule has 0 aromatic heterocycles. The maximum Gasteiger partial charge on any atom is 0.305 e. The number of nitrogens with one attached hydrogen (secondary N) is 1. The Morgan fingerprint density at radius 1 is 1.17 bits per heavy atom. The smallest absolute Gasteiger partial charge is 0.305 e. The van der Waals surface area contributed by atoms with Gasteiger partial charge in [-0.2, -0.15) is 0 Å². The third-order valence-electron chi connectivity index (χ3n) is 3.23. The number of carbonyl (C=O) groups excluding carboxylic acids is 1. The Hall–Kier alpha value is -2.28. The first-order chi connectivity index (χ1) is 11.3. The average Bonchev–Trinajstić information content (AvgIpc) is 2.48. The van der Waals surface area contributed by atoms with Crippen LogP contribution in [0.2, 0.25) is 0 Å². The Morgan fingerprint density at radius 3 is 2.33 bits per heavy atom. The minimum Gasteiger partial charge on any atom is -0.490 e. The van der Waals surface area contributed by atoms with Crippen LogP contribution in [0, 0.1) is 0 Å². The summed E-state index contributed by atoms with van der Waals surface area (Å²) in [7, 11) is 1.45. The van der Waals surface area contributed by atoms with Gasteiger partial charge in [0.1, 0.15) is 0 Å². The van der Waals surface area contributed by atoms with E-state index >= 15 is 0 Å². The maximum absolute atomic E-state index is 12.5. The normalized spacial score (nSPS) is 13.0. The zero-order chi connectivity index (χ0) is 18.2. The molecule has 1 aromatic rings. The maximum atomic E-state index is 12.5. The molecule has 0 saturated carbocycles. The molecule has 1 atom stereocenters. The molecular formula is C17H25NO6. The molecule has 0 fully saturated rings. The fraction of sp³-hybridized carbons (Fsp3) is 0.529. The van der Waals surface area contributed by atoms with Gasteiger partial charge in [0.2, 0.25) is 0 Å². The Morgan fingerprint density at radius 2 is 1.79 bits per heavy atom. The van der Waals surface area contributed by atoms with E-state index in [2.05, 4.69) is 5.32 Å². The van der Waals surface area contributed by atoms with Crippen molar-refractivity contribution in [3.05, 3.63) is 23.8 Å². The summed E-state index contributed by atoms with van der Waals surface area (Å²) in [5.41, 5.74) is -0.656. The van der Waals surface area contributed by atoms with Gasteiger partial charge in [-0.05, 0) is 39.0 Å². The molecule has 0 saturated heterocycles. The van der Waals surface area contributed by atoms with Crippen molar-refractivity contribution in [2.75, 3.05) is 26.9 Å². The van der Waals surface area contributed by atoms with E-state index in [9.17, 15) is 9.59 Å². The molecule has 24 heavy (non-hydrogen) atoms. The third kappa shape index (κ3) is 5.73. The van der Waals surface area contributed by atoms with Crippen LogP contribution in [0.3, 0.4) is 0 Å². The highest BCUT2D eigenvalue weighted by Crippen LogP contribution is 2.28. The lowest BCUT2D eigenvalue weighted by Crippen LogP contribution is -2.50. The topological polar surface area (TPSA) is 94.1 Å². The first-order valence-corrected chi connectivity index (χ1v) is 7.78. The van der Waals surface area contributed by atoms with Gasteiger partial charge in [-0.15, -0.1) is 0 Å². The molecule has 1 aromatic carbocycles. The Bertz CT molecular complexity index is 574. The molecule has 1 rings (SSSR count). The monoisotopic (exact) mass is 339 g/mol. The summed E-state index contributed by atoms with van der Waals surface area (Å²) < 4.78 is 16.0. The summed E-state index contributed by atoms with van der Waals surface area (Å²) in [6.45, 7) is 6.33. The van der Waals surface area contributed by atoms with Gasteiger partial charge in [0.15, 0.2) is 11.5 Å². The number of carboxylic acid groups (broad SMARTS) is 1. The second-order valence-electron chi connectivity index (χ2n) is 5.55. The highest BCUT2D eigenvalue weighted by molar-refractivity contribution is 5.95. The number of ether oxygens (including phenoxy) is 3. The second-order valence-corrected chi connectivity index (χ2v) is 5.55. The molecule has 0 radical (unpaired) electrons. The van der Waals surface area contributed by atoms with Crippen molar-refractivity contribution in [2.45, 2.75) is 32.7 Å². The van der Waals surface area contributed by atoms with E-state index in [0.29, 0.717) is 30.3 Å². The standard InChI is InChI=1S/C17H25NO6/c1-5-23-13-8-7-12(9-14(13)24-6-2)16(21)18-17(3,11-22-4)10-15(19)20/h7-9H,5-6,10-11H2,1-4H3,(H,18,21)(H,19,20). The average molecular weight is 339 g/mol. The molecule has 0 bridgehead atoms. The van der Waals surface area contributed by atoms with Crippen LogP contribution in [0.1, 0.15) is 37.6 Å². The molecule has 1 unspecified atom stereocenters. The van der Waals surface area contributed by atoms with Crippen LogP contribution in [-0.4, -0.2) is 49.5 Å². The highest BCUT2D eigenvalue weighted by atomic mass is 16.5. The van der Waals surface area contributed by atoms with Crippen molar-refractivity contribution >= 4 is 11.9 Å². The fourth-order valence-electron chi connectivity index (χ4n) is 2.32. The Kier molecular flexibility index (Phi) is 7.51. The summed E-state index contributed by atoms with van der Waals surface area (Å²) in [5.74, 6) is -0.392. The predicted octanol–water partition coefficient (Wildman–Crippen LogP) is 2.09. The Labute approximate surface area is 141 Å². The SMILES string of the molecule is CCOc1ccc(C(=O)NC(C)(COC)CC(=O)O)cc1OCC. The molecular weight excluding hydrogens is 314 g/mol. The predicted molar refractivity (Wildman–Crippen MR) is 88.8 cm³/mol. The summed E-state index contributed by atoms with van der Waals surface area (Å²) in [6.07, 6.45) is -0.248. The van der Waals surface area contributed by atoms with E-state index in [1.165, 1.54) is 7.11 Å². The summed E-state index contributed by atoms with van der Waals surface area (Å²) in [6, 6.07) is 4.85. The van der Waals surface area contributed by atoms with Crippen molar-refractivity contribution < 1.29 is 28.9 Å². The molecule has 2 N–H and O–H groups in total. The van der Waals surface area contributed by atoms with Gasteiger partial charge in [0.25, 0.3) is 5.91 Å². The largest absolute Gasteiger partial charge is 0.490 e. The first kappa shape index (κ1) is 19.8. The number of carboxylic acids is 1. The van der Waals surface area contributed by atoms with E-state index in [1.807, 2.05) is 13.8 Å². The summed E-state index contributed by atoms with van der Waals surface area (Å²) >= 11 is 0. The van der Waals surface area contributed by atoms with Crippen molar-refractivity contribution in [3.8, 4) is 11.5 Å². The Balaban J connectivity index is 3.00.